The average molecular weight is 475 g/mol. The number of aryl methyl sites for hydroxylation is 1. The summed E-state index contributed by atoms with van der Waals surface area (Å²) in [6, 6.07) is 19.6. The summed E-state index contributed by atoms with van der Waals surface area (Å²) in [5, 5.41) is 13.8. The van der Waals surface area contributed by atoms with Gasteiger partial charge in [-0.1, -0.05) is 53.2 Å². The first kappa shape index (κ1) is 23.0. The number of esters is 1. The van der Waals surface area contributed by atoms with Crippen LogP contribution in [0.3, 0.4) is 0 Å². The number of aromatic nitrogens is 2. The second-order valence-corrected chi connectivity index (χ2v) is 7.82. The Bertz CT molecular complexity index is 1400. The first-order chi connectivity index (χ1) is 16.5. The number of fused-ring (bicyclic) bond motifs is 1. The van der Waals surface area contributed by atoms with Gasteiger partial charge in [-0.25, -0.2) is 9.78 Å². The van der Waals surface area contributed by atoms with Crippen LogP contribution in [-0.4, -0.2) is 35.2 Å². The molecule has 0 aliphatic carbocycles. The second-order valence-electron chi connectivity index (χ2n) is 7.38. The summed E-state index contributed by atoms with van der Waals surface area (Å²) in [6.07, 6.45) is 0.109. The normalized spacial score (nSPS) is 10.6. The number of halogens is 1. The molecule has 0 saturated carbocycles. The van der Waals surface area contributed by atoms with E-state index in [0.29, 0.717) is 27.5 Å². The number of nitrogens with zero attached hydrogens (tertiary/aromatic N) is 4. The number of hydrogen-bond acceptors (Lipinski definition) is 7. The summed E-state index contributed by atoms with van der Waals surface area (Å²) in [7, 11) is 0. The van der Waals surface area contributed by atoms with Crippen molar-refractivity contribution in [2.75, 3.05) is 18.1 Å². The Morgan fingerprint density at radius 2 is 1.94 bits per heavy atom. The Morgan fingerprint density at radius 3 is 2.68 bits per heavy atom. The molecular weight excluding hydrogens is 456 g/mol. The molecule has 0 saturated heterocycles. The molecule has 4 rings (SSSR count). The van der Waals surface area contributed by atoms with E-state index in [1.807, 2.05) is 36.4 Å². The molecule has 0 spiro atoms. The zero-order chi connectivity index (χ0) is 24.1. The second kappa shape index (κ2) is 10.1. The Balaban J connectivity index is 1.59. The number of ether oxygens (including phenoxy) is 1. The molecule has 0 bridgehead atoms. The molecule has 34 heavy (non-hydrogen) atoms. The largest absolute Gasteiger partial charge is 0.452 e. The summed E-state index contributed by atoms with van der Waals surface area (Å²) in [6.45, 7) is 1.31. The molecule has 0 N–H and O–H groups in total. The minimum Gasteiger partial charge on any atom is -0.452 e. The van der Waals surface area contributed by atoms with Crippen LogP contribution in [0.4, 0.5) is 5.69 Å². The fourth-order valence-corrected chi connectivity index (χ4v) is 3.68. The van der Waals surface area contributed by atoms with Crippen LogP contribution in [0.2, 0.25) is 5.02 Å². The van der Waals surface area contributed by atoms with Gasteiger partial charge in [0.15, 0.2) is 6.61 Å². The number of carbonyl (C=O) groups excluding carboxylic acids is 2. The Morgan fingerprint density at radius 1 is 1.15 bits per heavy atom. The highest BCUT2D eigenvalue weighted by Gasteiger charge is 2.23. The van der Waals surface area contributed by atoms with Crippen molar-refractivity contribution >= 4 is 40.3 Å². The van der Waals surface area contributed by atoms with Crippen LogP contribution < -0.4 is 4.90 Å². The molecule has 0 aliphatic heterocycles. The summed E-state index contributed by atoms with van der Waals surface area (Å²) in [4.78, 5) is 31.8. The van der Waals surface area contributed by atoms with Crippen LogP contribution in [0.5, 0.6) is 0 Å². The monoisotopic (exact) mass is 474 g/mol. The van der Waals surface area contributed by atoms with E-state index >= 15 is 0 Å². The van der Waals surface area contributed by atoms with E-state index in [4.69, 9.17) is 26.1 Å². The van der Waals surface area contributed by atoms with Gasteiger partial charge in [0.05, 0.1) is 34.8 Å². The third-order valence-corrected chi connectivity index (χ3v) is 5.34. The van der Waals surface area contributed by atoms with Crippen molar-refractivity contribution in [2.45, 2.75) is 13.3 Å². The molecule has 4 aromatic rings. The SMILES string of the molecule is Cc1noc2nc(-c3ccccc3)cc(C(=O)OCC(=O)N(CCC#N)c3cccc(Cl)c3)c12. The lowest BCUT2D eigenvalue weighted by Gasteiger charge is -2.22. The van der Waals surface area contributed by atoms with Crippen molar-refractivity contribution in [3.63, 3.8) is 0 Å². The first-order valence-corrected chi connectivity index (χ1v) is 10.8. The topological polar surface area (TPSA) is 109 Å². The fraction of sp³-hybridized carbons (Fsp3) is 0.160. The lowest BCUT2D eigenvalue weighted by atomic mass is 10.1. The molecule has 0 unspecified atom stereocenters. The van der Waals surface area contributed by atoms with Crippen LogP contribution in [0.15, 0.2) is 65.2 Å². The average Bonchev–Trinajstić information content (AvgIpc) is 3.23. The number of rotatable bonds is 7. The van der Waals surface area contributed by atoms with Crippen LogP contribution in [0.1, 0.15) is 22.5 Å². The summed E-state index contributed by atoms with van der Waals surface area (Å²) in [5.74, 6) is -1.20. The molecule has 2 heterocycles. The number of pyridine rings is 1. The van der Waals surface area contributed by atoms with Gasteiger partial charge in [-0.15, -0.1) is 0 Å². The summed E-state index contributed by atoms with van der Waals surface area (Å²) < 4.78 is 10.7. The van der Waals surface area contributed by atoms with Gasteiger partial charge in [0.1, 0.15) is 0 Å². The van der Waals surface area contributed by atoms with E-state index in [1.165, 1.54) is 4.90 Å². The highest BCUT2D eigenvalue weighted by molar-refractivity contribution is 6.30. The van der Waals surface area contributed by atoms with E-state index in [0.717, 1.165) is 5.56 Å². The quantitative estimate of drug-likeness (QED) is 0.348. The Hall–Kier alpha value is -4.22. The number of carbonyl (C=O) groups is 2. The zero-order valence-electron chi connectivity index (χ0n) is 18.2. The van der Waals surface area contributed by atoms with Crippen molar-refractivity contribution < 1.29 is 18.8 Å². The number of anilines is 1. The van der Waals surface area contributed by atoms with Gasteiger partial charge in [-0.2, -0.15) is 5.26 Å². The molecule has 0 atom stereocenters. The predicted molar refractivity (Wildman–Crippen MR) is 126 cm³/mol. The predicted octanol–water partition coefficient (Wildman–Crippen LogP) is 4.96. The molecule has 0 aliphatic rings. The molecule has 0 radical (unpaired) electrons. The van der Waals surface area contributed by atoms with Crippen LogP contribution in [-0.2, 0) is 9.53 Å². The van der Waals surface area contributed by atoms with E-state index in [2.05, 4.69) is 10.1 Å². The van der Waals surface area contributed by atoms with Crippen LogP contribution in [0.25, 0.3) is 22.4 Å². The maximum Gasteiger partial charge on any atom is 0.339 e. The third kappa shape index (κ3) is 4.90. The van der Waals surface area contributed by atoms with Gasteiger partial charge >= 0.3 is 5.97 Å². The van der Waals surface area contributed by atoms with Gasteiger partial charge in [-0.3, -0.25) is 4.79 Å². The number of benzene rings is 2. The van der Waals surface area contributed by atoms with E-state index in [-0.39, 0.29) is 24.2 Å². The van der Waals surface area contributed by atoms with Crippen LogP contribution >= 0.6 is 11.6 Å². The summed E-state index contributed by atoms with van der Waals surface area (Å²) >= 11 is 6.05. The maximum atomic E-state index is 13.1. The number of nitriles is 1. The molecule has 2 aromatic carbocycles. The molecule has 2 aromatic heterocycles. The Kier molecular flexibility index (Phi) is 6.85. The third-order valence-electron chi connectivity index (χ3n) is 5.10. The molecule has 1 amide bonds. The van der Waals surface area contributed by atoms with Crippen LogP contribution in [0, 0.1) is 18.3 Å². The van der Waals surface area contributed by atoms with E-state index < -0.39 is 18.5 Å². The Labute approximate surface area is 200 Å². The van der Waals surface area contributed by atoms with Gasteiger partial charge in [0, 0.05) is 22.8 Å². The minimum absolute atomic E-state index is 0.109. The van der Waals surface area contributed by atoms with E-state index in [1.54, 1.807) is 37.3 Å². The first-order valence-electron chi connectivity index (χ1n) is 10.4. The van der Waals surface area contributed by atoms with Gasteiger partial charge in [0.2, 0.25) is 0 Å². The van der Waals surface area contributed by atoms with Crippen molar-refractivity contribution in [1.82, 2.24) is 10.1 Å². The van der Waals surface area contributed by atoms with E-state index in [9.17, 15) is 9.59 Å². The molecule has 170 valence electrons. The molecule has 0 fully saturated rings. The highest BCUT2D eigenvalue weighted by Crippen LogP contribution is 2.27. The van der Waals surface area contributed by atoms with Gasteiger partial charge in [0.25, 0.3) is 11.6 Å². The molecule has 9 heteroatoms. The van der Waals surface area contributed by atoms with Crippen molar-refractivity contribution in [2.24, 2.45) is 0 Å². The highest BCUT2D eigenvalue weighted by atomic mass is 35.5. The zero-order valence-corrected chi connectivity index (χ0v) is 19.0. The smallest absolute Gasteiger partial charge is 0.339 e. The fourth-order valence-electron chi connectivity index (χ4n) is 3.50. The lowest BCUT2D eigenvalue weighted by Crippen LogP contribution is -2.35. The van der Waals surface area contributed by atoms with Crippen molar-refractivity contribution in [3.8, 4) is 17.3 Å². The molecule has 8 nitrogen and oxygen atoms in total. The molecular formula is C25H19ClN4O4. The lowest BCUT2D eigenvalue weighted by molar-refractivity contribution is -0.121. The minimum atomic E-state index is -0.712. The van der Waals surface area contributed by atoms with Gasteiger partial charge in [-0.05, 0) is 31.2 Å². The summed E-state index contributed by atoms with van der Waals surface area (Å²) in [5.41, 5.74) is 2.68. The standard InChI is InChI=1S/C25H19ClN4O4/c1-16-23-20(14-21(28-24(23)34-29-16)17-7-3-2-4-8-17)25(32)33-15-22(31)30(12-6-11-27)19-10-5-9-18(26)13-19/h2-5,7-10,13-14H,6,12,15H2,1H3. The number of amides is 1. The maximum absolute atomic E-state index is 13.1. The van der Waals surface area contributed by atoms with Crippen molar-refractivity contribution in [1.29, 1.82) is 5.26 Å². The van der Waals surface area contributed by atoms with Crippen molar-refractivity contribution in [3.05, 3.63) is 76.9 Å². The van der Waals surface area contributed by atoms with Gasteiger partial charge < -0.3 is 14.2 Å². The number of hydrogen-bond donors (Lipinski definition) is 0.